The fourth-order valence-corrected chi connectivity index (χ4v) is 1.55. The Morgan fingerprint density at radius 2 is 2.24 bits per heavy atom. The lowest BCUT2D eigenvalue weighted by atomic mass is 10.0. The van der Waals surface area contributed by atoms with Gasteiger partial charge >= 0.3 is 5.97 Å². The Bertz CT molecular complexity index is 373. The minimum Gasteiger partial charge on any atom is -0.435 e. The van der Waals surface area contributed by atoms with Gasteiger partial charge in [-0.3, -0.25) is 4.79 Å². The average Bonchev–Trinajstić information content (AvgIpc) is 2.29. The lowest BCUT2D eigenvalue weighted by Gasteiger charge is -2.32. The molecule has 92 valence electrons. The molecule has 0 N–H and O–H groups in total. The van der Waals surface area contributed by atoms with Crippen molar-refractivity contribution in [3.05, 3.63) is 20.9 Å². The van der Waals surface area contributed by atoms with E-state index in [1.165, 1.54) is 6.92 Å². The number of hydrogen-bond donors (Lipinski definition) is 0. The molecule has 0 amide bonds. The van der Waals surface area contributed by atoms with Crippen LogP contribution in [-0.4, -0.2) is 30.9 Å². The fraction of sp³-hybridized carbons (Fsp3) is 0.875. The van der Waals surface area contributed by atoms with Crippen LogP contribution in [0.5, 0.6) is 0 Å². The van der Waals surface area contributed by atoms with Gasteiger partial charge in [0.05, 0.1) is 18.7 Å². The molecule has 0 aromatic rings. The molecule has 0 aromatic carbocycles. The molecule has 0 radical (unpaired) electrons. The SMILES string of the molecule is CC(=O)OC1O[C@@H](CN=[N+]=[N-])CC[C@H]1N=[N+]=[N-]. The summed E-state index contributed by atoms with van der Waals surface area (Å²) in [5.74, 6) is -0.516. The van der Waals surface area contributed by atoms with Crippen molar-refractivity contribution in [1.29, 1.82) is 0 Å². The minimum atomic E-state index is -0.906. The van der Waals surface area contributed by atoms with Crippen LogP contribution in [0.15, 0.2) is 10.2 Å². The van der Waals surface area contributed by atoms with E-state index in [0.717, 1.165) is 0 Å². The lowest BCUT2D eigenvalue weighted by Crippen LogP contribution is -2.41. The Morgan fingerprint density at radius 3 is 2.82 bits per heavy atom. The third-order valence-corrected chi connectivity index (χ3v) is 2.26. The topological polar surface area (TPSA) is 133 Å². The van der Waals surface area contributed by atoms with Crippen molar-refractivity contribution in [2.75, 3.05) is 6.54 Å². The van der Waals surface area contributed by atoms with Gasteiger partial charge in [0.2, 0.25) is 6.29 Å². The summed E-state index contributed by atoms with van der Waals surface area (Å²) in [4.78, 5) is 16.2. The number of carbonyl (C=O) groups is 1. The van der Waals surface area contributed by atoms with Gasteiger partial charge in [-0.1, -0.05) is 10.2 Å². The molecule has 1 aliphatic heterocycles. The molecule has 0 bridgehead atoms. The first-order valence-corrected chi connectivity index (χ1v) is 5.05. The van der Waals surface area contributed by atoms with Gasteiger partial charge in [0, 0.05) is 16.7 Å². The predicted molar refractivity (Wildman–Crippen MR) is 56.6 cm³/mol. The summed E-state index contributed by atoms with van der Waals surface area (Å²) in [6.07, 6.45) is -0.120. The molecule has 0 spiro atoms. The monoisotopic (exact) mass is 240 g/mol. The highest BCUT2D eigenvalue weighted by Gasteiger charge is 2.32. The van der Waals surface area contributed by atoms with Gasteiger partial charge in [-0.2, -0.15) is 0 Å². The smallest absolute Gasteiger partial charge is 0.304 e. The largest absolute Gasteiger partial charge is 0.435 e. The van der Waals surface area contributed by atoms with E-state index in [0.29, 0.717) is 12.8 Å². The zero-order valence-electron chi connectivity index (χ0n) is 9.26. The number of esters is 1. The molecule has 0 saturated carbocycles. The molecule has 1 fully saturated rings. The van der Waals surface area contributed by atoms with Gasteiger partial charge in [-0.25, -0.2) is 0 Å². The van der Waals surface area contributed by atoms with Crippen LogP contribution in [-0.2, 0) is 14.3 Å². The van der Waals surface area contributed by atoms with Gasteiger partial charge in [0.25, 0.3) is 0 Å². The van der Waals surface area contributed by atoms with E-state index < -0.39 is 18.3 Å². The summed E-state index contributed by atoms with van der Waals surface area (Å²) in [6, 6.07) is -0.536. The van der Waals surface area contributed by atoms with Crippen LogP contribution >= 0.6 is 0 Å². The van der Waals surface area contributed by atoms with Crippen molar-refractivity contribution >= 4 is 5.97 Å². The van der Waals surface area contributed by atoms with Crippen molar-refractivity contribution < 1.29 is 14.3 Å². The van der Waals surface area contributed by atoms with Gasteiger partial charge in [0.1, 0.15) is 0 Å². The second-order valence-corrected chi connectivity index (χ2v) is 3.50. The van der Waals surface area contributed by atoms with Gasteiger partial charge in [-0.15, -0.1) is 0 Å². The van der Waals surface area contributed by atoms with Gasteiger partial charge < -0.3 is 9.47 Å². The Labute approximate surface area is 96.9 Å². The first kappa shape index (κ1) is 13.1. The molecule has 9 heteroatoms. The molecule has 1 rings (SSSR count). The number of ether oxygens (including phenoxy) is 2. The maximum atomic E-state index is 10.9. The minimum absolute atomic E-state index is 0.164. The molecule has 1 unspecified atom stereocenters. The van der Waals surface area contributed by atoms with Crippen LogP contribution in [0.3, 0.4) is 0 Å². The van der Waals surface area contributed by atoms with Crippen LogP contribution in [0.4, 0.5) is 0 Å². The Morgan fingerprint density at radius 1 is 1.47 bits per heavy atom. The summed E-state index contributed by atoms with van der Waals surface area (Å²) in [7, 11) is 0. The molecule has 1 heterocycles. The van der Waals surface area contributed by atoms with Crippen molar-refractivity contribution in [2.45, 2.75) is 38.2 Å². The first-order chi connectivity index (χ1) is 8.17. The van der Waals surface area contributed by atoms with Crippen molar-refractivity contribution in [1.82, 2.24) is 0 Å². The number of azide groups is 2. The highest BCUT2D eigenvalue weighted by atomic mass is 16.7. The Kier molecular flexibility index (Phi) is 5.09. The summed E-state index contributed by atoms with van der Waals surface area (Å²) in [5.41, 5.74) is 16.6. The summed E-state index contributed by atoms with van der Waals surface area (Å²) >= 11 is 0. The molecule has 1 aliphatic rings. The van der Waals surface area contributed by atoms with E-state index in [4.69, 9.17) is 20.5 Å². The quantitative estimate of drug-likeness (QED) is 0.322. The predicted octanol–water partition coefficient (Wildman–Crippen LogP) is 2.04. The number of carbonyl (C=O) groups excluding carboxylic acids is 1. The number of hydrogen-bond acceptors (Lipinski definition) is 5. The average molecular weight is 240 g/mol. The van der Waals surface area contributed by atoms with Crippen LogP contribution in [0, 0.1) is 0 Å². The van der Waals surface area contributed by atoms with Crippen molar-refractivity contribution in [3.63, 3.8) is 0 Å². The molecular formula is C8H12N6O3. The van der Waals surface area contributed by atoms with Crippen LogP contribution in [0.25, 0.3) is 20.9 Å². The summed E-state index contributed by atoms with van der Waals surface area (Å²) in [5, 5.41) is 6.90. The summed E-state index contributed by atoms with van der Waals surface area (Å²) in [6.45, 7) is 1.41. The molecule has 1 saturated heterocycles. The normalized spacial score (nSPS) is 27.5. The standard InChI is InChI=1S/C8H12N6O3/c1-5(15)16-8-7(12-14-10)3-2-6(17-8)4-11-13-9/h6-8H,2-4H2,1H3/t6-,7-,8?/m1/s1. The fourth-order valence-electron chi connectivity index (χ4n) is 1.55. The maximum Gasteiger partial charge on any atom is 0.304 e. The Balaban J connectivity index is 2.64. The zero-order valence-corrected chi connectivity index (χ0v) is 9.26. The molecule has 9 nitrogen and oxygen atoms in total. The zero-order chi connectivity index (χ0) is 12.7. The van der Waals surface area contributed by atoms with Crippen molar-refractivity contribution in [2.24, 2.45) is 10.2 Å². The van der Waals surface area contributed by atoms with E-state index in [9.17, 15) is 4.79 Å². The third kappa shape index (κ3) is 4.20. The van der Waals surface area contributed by atoms with E-state index in [2.05, 4.69) is 20.1 Å². The van der Waals surface area contributed by atoms with Gasteiger partial charge in [0.15, 0.2) is 0 Å². The van der Waals surface area contributed by atoms with Crippen LogP contribution in [0.2, 0.25) is 0 Å². The van der Waals surface area contributed by atoms with E-state index in [1.54, 1.807) is 0 Å². The highest BCUT2D eigenvalue weighted by molar-refractivity contribution is 5.66. The third-order valence-electron chi connectivity index (χ3n) is 2.26. The van der Waals surface area contributed by atoms with Gasteiger partial charge in [-0.05, 0) is 23.9 Å². The maximum absolute atomic E-state index is 10.9. The molecule has 0 aromatic heterocycles. The van der Waals surface area contributed by atoms with Crippen LogP contribution in [0.1, 0.15) is 19.8 Å². The van der Waals surface area contributed by atoms with Crippen LogP contribution < -0.4 is 0 Å². The van der Waals surface area contributed by atoms with E-state index in [1.807, 2.05) is 0 Å². The summed E-state index contributed by atoms with van der Waals surface area (Å²) < 4.78 is 10.3. The molecular weight excluding hydrogens is 228 g/mol. The molecule has 0 aliphatic carbocycles. The number of nitrogens with zero attached hydrogens (tertiary/aromatic N) is 6. The van der Waals surface area contributed by atoms with E-state index >= 15 is 0 Å². The second kappa shape index (κ2) is 6.59. The lowest BCUT2D eigenvalue weighted by molar-refractivity contribution is -0.204. The van der Waals surface area contributed by atoms with Crippen molar-refractivity contribution in [3.8, 4) is 0 Å². The van der Waals surface area contributed by atoms with E-state index in [-0.39, 0.29) is 12.6 Å². The Hall–Kier alpha value is -1.95. The molecule has 17 heavy (non-hydrogen) atoms. The number of rotatable bonds is 4. The first-order valence-electron chi connectivity index (χ1n) is 5.05. The molecule has 3 atom stereocenters. The second-order valence-electron chi connectivity index (χ2n) is 3.50. The highest BCUT2D eigenvalue weighted by Crippen LogP contribution is 2.23.